The number of thiazole rings is 1. The summed E-state index contributed by atoms with van der Waals surface area (Å²) in [7, 11) is 1.55. The van der Waals surface area contributed by atoms with Gasteiger partial charge in [0.05, 0.1) is 23.7 Å². The Balaban J connectivity index is 1.28. The first-order chi connectivity index (χ1) is 19.8. The summed E-state index contributed by atoms with van der Waals surface area (Å²) in [4.78, 5) is 56.9. The summed E-state index contributed by atoms with van der Waals surface area (Å²) < 4.78 is 11.0. The molecule has 2 aliphatic rings. The summed E-state index contributed by atoms with van der Waals surface area (Å²) in [6, 6.07) is 21.3. The highest BCUT2D eigenvalue weighted by Gasteiger charge is 2.56. The molecule has 0 bridgehead atoms. The number of imide groups is 1. The smallest absolute Gasteiger partial charge is 0.305 e. The Morgan fingerprint density at radius 1 is 0.976 bits per heavy atom. The van der Waals surface area contributed by atoms with Crippen LogP contribution in [0.4, 0.5) is 11.4 Å². The fourth-order valence-corrected chi connectivity index (χ4v) is 7.74. The van der Waals surface area contributed by atoms with Crippen LogP contribution in [0.5, 0.6) is 11.5 Å². The molecule has 2 aliphatic heterocycles. The van der Waals surface area contributed by atoms with Crippen LogP contribution < -0.4 is 24.6 Å². The number of methoxy groups -OCH3 is 1. The van der Waals surface area contributed by atoms with Gasteiger partial charge in [0.25, 0.3) is 5.91 Å². The zero-order chi connectivity index (χ0) is 28.7. The van der Waals surface area contributed by atoms with Crippen molar-refractivity contribution >= 4 is 52.2 Å². The van der Waals surface area contributed by atoms with E-state index in [0.29, 0.717) is 38.3 Å². The van der Waals surface area contributed by atoms with E-state index in [2.05, 4.69) is 10.3 Å². The van der Waals surface area contributed by atoms with E-state index in [1.807, 2.05) is 31.2 Å². The number of H-pyrrole nitrogens is 1. The molecule has 0 aliphatic carbocycles. The van der Waals surface area contributed by atoms with Gasteiger partial charge in [-0.3, -0.25) is 19.2 Å². The van der Waals surface area contributed by atoms with Crippen LogP contribution in [0.2, 0.25) is 0 Å². The highest BCUT2D eigenvalue weighted by Crippen LogP contribution is 2.53. The minimum Gasteiger partial charge on any atom is -0.497 e. The third-order valence-electron chi connectivity index (χ3n) is 7.04. The van der Waals surface area contributed by atoms with Gasteiger partial charge in [-0.25, -0.2) is 4.90 Å². The minimum atomic E-state index is -0.728. The van der Waals surface area contributed by atoms with Gasteiger partial charge in [-0.2, -0.15) is 0 Å². The molecule has 3 amide bonds. The van der Waals surface area contributed by atoms with Crippen LogP contribution in [0.1, 0.15) is 21.9 Å². The Hall–Kier alpha value is -4.35. The number of ether oxygens (including phenoxy) is 2. The maximum absolute atomic E-state index is 13.9. The molecule has 4 aromatic rings. The SMILES string of the molecule is COc1ccc(N2C(=O)C3Sc4[nH]c(=O)sc4[C@H](c4cccc(OCC(=O)Nc5cccc(C)c5)c4)C3C2=O)cc1. The van der Waals surface area contributed by atoms with E-state index in [9.17, 15) is 19.2 Å². The number of amides is 3. The molecule has 3 aromatic carbocycles. The van der Waals surface area contributed by atoms with Gasteiger partial charge < -0.3 is 19.8 Å². The van der Waals surface area contributed by atoms with Crippen LogP contribution in [0.25, 0.3) is 0 Å². The topological polar surface area (TPSA) is 118 Å². The number of carbonyl (C=O) groups excluding carboxylic acids is 3. The van der Waals surface area contributed by atoms with Crippen LogP contribution in [-0.4, -0.2) is 41.7 Å². The molecule has 2 N–H and O–H groups in total. The molecule has 41 heavy (non-hydrogen) atoms. The van der Waals surface area contributed by atoms with Crippen molar-refractivity contribution < 1.29 is 23.9 Å². The second kappa shape index (κ2) is 10.9. The number of aromatic nitrogens is 1. The first-order valence-electron chi connectivity index (χ1n) is 12.8. The van der Waals surface area contributed by atoms with Crippen molar-refractivity contribution in [3.8, 4) is 11.5 Å². The summed E-state index contributed by atoms with van der Waals surface area (Å²) in [5.41, 5.74) is 2.88. The molecule has 2 unspecified atom stereocenters. The Morgan fingerprint density at radius 3 is 2.51 bits per heavy atom. The van der Waals surface area contributed by atoms with E-state index >= 15 is 0 Å². The summed E-state index contributed by atoms with van der Waals surface area (Å²) in [5.74, 6) is -1.21. The first kappa shape index (κ1) is 26.9. The third kappa shape index (κ3) is 5.14. The van der Waals surface area contributed by atoms with E-state index in [-0.39, 0.29) is 29.2 Å². The summed E-state index contributed by atoms with van der Waals surface area (Å²) in [5, 5.41) is 2.70. The molecule has 1 fully saturated rings. The van der Waals surface area contributed by atoms with E-state index in [4.69, 9.17) is 9.47 Å². The molecular weight excluding hydrogens is 562 g/mol. The predicted molar refractivity (Wildman–Crippen MR) is 157 cm³/mol. The zero-order valence-electron chi connectivity index (χ0n) is 22.1. The number of hydrogen-bond donors (Lipinski definition) is 2. The van der Waals surface area contributed by atoms with Crippen LogP contribution in [0.3, 0.4) is 0 Å². The average molecular weight is 588 g/mol. The molecular formula is C30H25N3O6S2. The van der Waals surface area contributed by atoms with Gasteiger partial charge in [-0.15, -0.1) is 0 Å². The Kier molecular flexibility index (Phi) is 7.14. The number of aryl methyl sites for hydroxylation is 1. The molecule has 11 heteroatoms. The molecule has 9 nitrogen and oxygen atoms in total. The predicted octanol–water partition coefficient (Wildman–Crippen LogP) is 4.57. The van der Waals surface area contributed by atoms with E-state index in [1.54, 1.807) is 55.6 Å². The molecule has 0 spiro atoms. The lowest BCUT2D eigenvalue weighted by molar-refractivity contribution is -0.122. The van der Waals surface area contributed by atoms with Crippen LogP contribution in [-0.2, 0) is 14.4 Å². The number of hydrogen-bond acceptors (Lipinski definition) is 8. The van der Waals surface area contributed by atoms with E-state index < -0.39 is 17.1 Å². The van der Waals surface area contributed by atoms with Gasteiger partial charge in [0.1, 0.15) is 16.7 Å². The fraction of sp³-hybridized carbons (Fsp3) is 0.200. The van der Waals surface area contributed by atoms with Crippen molar-refractivity contribution in [1.29, 1.82) is 0 Å². The minimum absolute atomic E-state index is 0.213. The molecule has 3 heterocycles. The molecule has 0 saturated carbocycles. The maximum atomic E-state index is 13.9. The maximum Gasteiger partial charge on any atom is 0.305 e. The van der Waals surface area contributed by atoms with Gasteiger partial charge in [0.2, 0.25) is 11.8 Å². The molecule has 6 rings (SSSR count). The van der Waals surface area contributed by atoms with Crippen molar-refractivity contribution in [2.24, 2.45) is 5.92 Å². The van der Waals surface area contributed by atoms with Crippen LogP contribution in [0.15, 0.2) is 82.6 Å². The van der Waals surface area contributed by atoms with Gasteiger partial charge >= 0.3 is 4.87 Å². The number of aromatic amines is 1. The highest BCUT2D eigenvalue weighted by atomic mass is 32.2. The zero-order valence-corrected chi connectivity index (χ0v) is 23.7. The number of nitrogens with one attached hydrogen (secondary N) is 2. The molecule has 1 aromatic heterocycles. The second-order valence-electron chi connectivity index (χ2n) is 9.74. The Bertz CT molecular complexity index is 1710. The lowest BCUT2D eigenvalue weighted by Crippen LogP contribution is -2.32. The lowest BCUT2D eigenvalue weighted by Gasteiger charge is -2.30. The van der Waals surface area contributed by atoms with Crippen molar-refractivity contribution in [2.75, 3.05) is 23.9 Å². The van der Waals surface area contributed by atoms with Crippen LogP contribution >= 0.6 is 23.1 Å². The number of fused-ring (bicyclic) bond motifs is 2. The number of thioether (sulfide) groups is 1. The van der Waals surface area contributed by atoms with Gasteiger partial charge in [-0.1, -0.05) is 47.4 Å². The van der Waals surface area contributed by atoms with E-state index in [1.165, 1.54) is 16.7 Å². The summed E-state index contributed by atoms with van der Waals surface area (Å²) in [6.45, 7) is 1.73. The van der Waals surface area contributed by atoms with Crippen molar-refractivity contribution in [1.82, 2.24) is 4.98 Å². The lowest BCUT2D eigenvalue weighted by atomic mass is 9.83. The fourth-order valence-electron chi connectivity index (χ4n) is 5.23. The molecule has 0 radical (unpaired) electrons. The van der Waals surface area contributed by atoms with Crippen molar-refractivity contribution in [3.05, 3.63) is 98.5 Å². The van der Waals surface area contributed by atoms with Gasteiger partial charge in [0, 0.05) is 16.5 Å². The Labute approximate surface area is 243 Å². The summed E-state index contributed by atoms with van der Waals surface area (Å²) >= 11 is 2.26. The number of benzene rings is 3. The van der Waals surface area contributed by atoms with Crippen molar-refractivity contribution in [3.63, 3.8) is 0 Å². The second-order valence-corrected chi connectivity index (χ2v) is 11.9. The van der Waals surface area contributed by atoms with Gasteiger partial charge in [0.15, 0.2) is 6.61 Å². The molecule has 208 valence electrons. The number of rotatable bonds is 7. The average Bonchev–Trinajstić information content (AvgIpc) is 3.46. The highest BCUT2D eigenvalue weighted by molar-refractivity contribution is 8.00. The van der Waals surface area contributed by atoms with Gasteiger partial charge in [-0.05, 0) is 66.6 Å². The number of anilines is 2. The van der Waals surface area contributed by atoms with Crippen LogP contribution in [0, 0.1) is 12.8 Å². The largest absolute Gasteiger partial charge is 0.497 e. The summed E-state index contributed by atoms with van der Waals surface area (Å²) in [6.07, 6.45) is 0. The Morgan fingerprint density at radius 2 is 1.76 bits per heavy atom. The first-order valence-corrected chi connectivity index (χ1v) is 14.5. The normalized spacial score (nSPS) is 19.5. The number of carbonyl (C=O) groups is 3. The van der Waals surface area contributed by atoms with Crippen molar-refractivity contribution in [2.45, 2.75) is 23.1 Å². The number of nitrogens with zero attached hydrogens (tertiary/aromatic N) is 1. The quantitative estimate of drug-likeness (QED) is 0.304. The molecule has 1 saturated heterocycles. The standard InChI is InChI=1S/C30H25N3O6S2/c1-16-5-3-7-18(13-16)31-22(34)15-39-21-8-4-6-17(14-21)23-24-26(40-27-25(23)41-30(37)32-27)29(36)33(28(24)35)19-9-11-20(38-2)12-10-19/h3-14,23-24,26H,15H2,1-2H3,(H,31,34)(H,32,37)/t23-,24?,26?/m1/s1. The van der Waals surface area contributed by atoms with E-state index in [0.717, 1.165) is 16.9 Å². The molecule has 3 atom stereocenters. The third-order valence-corrected chi connectivity index (χ3v) is 9.44. The monoisotopic (exact) mass is 587 g/mol.